The number of nitrogens with one attached hydrogen (secondary N) is 4. The van der Waals surface area contributed by atoms with Gasteiger partial charge in [0.2, 0.25) is 11.8 Å². The van der Waals surface area contributed by atoms with Crippen molar-refractivity contribution in [2.24, 2.45) is 0 Å². The Bertz CT molecular complexity index is 819. The molecule has 0 fully saturated rings. The molecule has 0 spiro atoms. The molecule has 0 heterocycles. The molecule has 28 heavy (non-hydrogen) atoms. The zero-order valence-electron chi connectivity index (χ0n) is 16.2. The summed E-state index contributed by atoms with van der Waals surface area (Å²) >= 11 is 0. The van der Waals surface area contributed by atoms with Crippen molar-refractivity contribution in [1.29, 1.82) is 0 Å². The predicted octanol–water partition coefficient (Wildman–Crippen LogP) is 3.23. The maximum Gasteiger partial charge on any atom is 0.251 e. The molecule has 148 valence electrons. The molecular weight excluding hydrogens is 356 g/mol. The van der Waals surface area contributed by atoms with Gasteiger partial charge in [0.25, 0.3) is 5.91 Å². The molecule has 2 aromatic carbocycles. The minimum atomic E-state index is -0.216. The van der Waals surface area contributed by atoms with E-state index in [1.807, 2.05) is 13.8 Å². The summed E-state index contributed by atoms with van der Waals surface area (Å²) in [5, 5.41) is 11.3. The highest BCUT2D eigenvalue weighted by molar-refractivity contribution is 5.96. The first-order valence-electron chi connectivity index (χ1n) is 9.33. The van der Waals surface area contributed by atoms with Gasteiger partial charge in [0, 0.05) is 35.6 Å². The Kier molecular flexibility index (Phi) is 8.02. The van der Waals surface area contributed by atoms with E-state index in [0.717, 1.165) is 6.42 Å². The molecule has 4 N–H and O–H groups in total. The van der Waals surface area contributed by atoms with E-state index in [9.17, 15) is 14.4 Å². The molecule has 0 bridgehead atoms. The van der Waals surface area contributed by atoms with Crippen LogP contribution >= 0.6 is 0 Å². The van der Waals surface area contributed by atoms with E-state index >= 15 is 0 Å². The van der Waals surface area contributed by atoms with Crippen molar-refractivity contribution in [1.82, 2.24) is 5.32 Å². The summed E-state index contributed by atoms with van der Waals surface area (Å²) in [4.78, 5) is 35.6. The summed E-state index contributed by atoms with van der Waals surface area (Å²) in [5.74, 6) is -0.397. The van der Waals surface area contributed by atoms with E-state index in [1.54, 1.807) is 48.5 Å². The summed E-state index contributed by atoms with van der Waals surface area (Å²) < 4.78 is 0. The molecule has 0 aliphatic heterocycles. The zero-order chi connectivity index (χ0) is 20.4. The smallest absolute Gasteiger partial charge is 0.251 e. The van der Waals surface area contributed by atoms with Crippen LogP contribution in [0.1, 0.15) is 37.0 Å². The molecule has 7 heteroatoms. The lowest BCUT2D eigenvalue weighted by Gasteiger charge is -2.10. The van der Waals surface area contributed by atoms with Crippen molar-refractivity contribution in [3.8, 4) is 0 Å². The first-order valence-corrected chi connectivity index (χ1v) is 9.33. The Morgan fingerprint density at radius 1 is 0.821 bits per heavy atom. The summed E-state index contributed by atoms with van der Waals surface area (Å²) in [6.45, 7) is 4.42. The third-order valence-electron chi connectivity index (χ3n) is 3.84. The van der Waals surface area contributed by atoms with Crippen LogP contribution in [0.4, 0.5) is 17.1 Å². The van der Waals surface area contributed by atoms with Gasteiger partial charge in [-0.25, -0.2) is 0 Å². The van der Waals surface area contributed by atoms with Gasteiger partial charge in [0.15, 0.2) is 0 Å². The third-order valence-corrected chi connectivity index (χ3v) is 3.84. The van der Waals surface area contributed by atoms with Crippen LogP contribution < -0.4 is 21.3 Å². The molecule has 3 amide bonds. The predicted molar refractivity (Wildman–Crippen MR) is 112 cm³/mol. The molecular formula is C21H26N4O3. The van der Waals surface area contributed by atoms with Crippen molar-refractivity contribution in [3.05, 3.63) is 54.1 Å². The highest BCUT2D eigenvalue weighted by Crippen LogP contribution is 2.14. The van der Waals surface area contributed by atoms with E-state index < -0.39 is 0 Å². The molecule has 0 radical (unpaired) electrons. The summed E-state index contributed by atoms with van der Waals surface area (Å²) in [7, 11) is 0. The summed E-state index contributed by atoms with van der Waals surface area (Å²) in [6.07, 6.45) is 1.27. The lowest BCUT2D eigenvalue weighted by atomic mass is 10.2. The highest BCUT2D eigenvalue weighted by atomic mass is 16.2. The Labute approximate surface area is 164 Å². The first kappa shape index (κ1) is 21.0. The molecule has 0 atom stereocenters. The van der Waals surface area contributed by atoms with Crippen molar-refractivity contribution >= 4 is 34.8 Å². The normalized spacial score (nSPS) is 10.1. The fourth-order valence-corrected chi connectivity index (χ4v) is 2.51. The van der Waals surface area contributed by atoms with Gasteiger partial charge in [-0.05, 0) is 55.8 Å². The van der Waals surface area contributed by atoms with Crippen LogP contribution in [0.3, 0.4) is 0 Å². The van der Waals surface area contributed by atoms with Crippen molar-refractivity contribution < 1.29 is 14.4 Å². The number of carbonyl (C=O) groups is 3. The SMILES string of the molecule is CCCC(=O)Nc1ccc(NC(=O)CNc2cccc(C(=O)NCC)c2)cc1. The number of hydrogen-bond donors (Lipinski definition) is 4. The molecule has 0 aliphatic rings. The van der Waals surface area contributed by atoms with Crippen LogP contribution in [0.5, 0.6) is 0 Å². The fraction of sp³-hybridized carbons (Fsp3) is 0.286. The number of carbonyl (C=O) groups excluding carboxylic acids is 3. The van der Waals surface area contributed by atoms with Gasteiger partial charge >= 0.3 is 0 Å². The van der Waals surface area contributed by atoms with Gasteiger partial charge in [-0.2, -0.15) is 0 Å². The van der Waals surface area contributed by atoms with Gasteiger partial charge < -0.3 is 21.3 Å². The van der Waals surface area contributed by atoms with Crippen LogP contribution in [0, 0.1) is 0 Å². The van der Waals surface area contributed by atoms with E-state index in [-0.39, 0.29) is 24.3 Å². The Balaban J connectivity index is 1.85. The third kappa shape index (κ3) is 6.75. The molecule has 0 aromatic heterocycles. The lowest BCUT2D eigenvalue weighted by molar-refractivity contribution is -0.116. The Morgan fingerprint density at radius 3 is 2.07 bits per heavy atom. The van der Waals surface area contributed by atoms with Crippen LogP contribution in [-0.4, -0.2) is 30.8 Å². The second-order valence-electron chi connectivity index (χ2n) is 6.22. The monoisotopic (exact) mass is 382 g/mol. The highest BCUT2D eigenvalue weighted by Gasteiger charge is 2.07. The fourth-order valence-electron chi connectivity index (χ4n) is 2.51. The van der Waals surface area contributed by atoms with Gasteiger partial charge in [-0.3, -0.25) is 14.4 Å². The topological polar surface area (TPSA) is 99.3 Å². The second-order valence-corrected chi connectivity index (χ2v) is 6.22. The maximum atomic E-state index is 12.1. The number of anilines is 3. The Hall–Kier alpha value is -3.35. The van der Waals surface area contributed by atoms with Gasteiger partial charge in [0.05, 0.1) is 6.54 Å². The van der Waals surface area contributed by atoms with E-state index in [2.05, 4.69) is 21.3 Å². The number of benzene rings is 2. The van der Waals surface area contributed by atoms with Gasteiger partial charge in [-0.1, -0.05) is 13.0 Å². The largest absolute Gasteiger partial charge is 0.376 e. The minimum Gasteiger partial charge on any atom is -0.376 e. The molecule has 7 nitrogen and oxygen atoms in total. The number of hydrogen-bond acceptors (Lipinski definition) is 4. The first-order chi connectivity index (χ1) is 13.5. The molecule has 0 unspecified atom stereocenters. The van der Waals surface area contributed by atoms with Crippen molar-refractivity contribution in [2.45, 2.75) is 26.7 Å². The average Bonchev–Trinajstić information content (AvgIpc) is 2.68. The standard InChI is InChI=1S/C21H26N4O3/c1-3-6-19(26)24-16-9-11-17(12-10-16)25-20(27)14-23-18-8-5-7-15(13-18)21(28)22-4-2/h5,7-13,23H,3-4,6,14H2,1-2H3,(H,22,28)(H,24,26)(H,25,27). The molecule has 2 rings (SSSR count). The summed E-state index contributed by atoms with van der Waals surface area (Å²) in [5.41, 5.74) is 2.55. The lowest BCUT2D eigenvalue weighted by Crippen LogP contribution is -2.23. The van der Waals surface area contributed by atoms with E-state index in [0.29, 0.717) is 35.6 Å². The molecule has 2 aromatic rings. The van der Waals surface area contributed by atoms with Gasteiger partial charge in [0.1, 0.15) is 0 Å². The van der Waals surface area contributed by atoms with Gasteiger partial charge in [-0.15, -0.1) is 0 Å². The quantitative estimate of drug-likeness (QED) is 0.535. The average molecular weight is 382 g/mol. The molecule has 0 saturated heterocycles. The van der Waals surface area contributed by atoms with Crippen LogP contribution in [0.25, 0.3) is 0 Å². The Morgan fingerprint density at radius 2 is 1.46 bits per heavy atom. The summed E-state index contributed by atoms with van der Waals surface area (Å²) in [6, 6.07) is 13.9. The van der Waals surface area contributed by atoms with E-state index in [4.69, 9.17) is 0 Å². The molecule has 0 saturated carbocycles. The van der Waals surface area contributed by atoms with Crippen LogP contribution in [0.2, 0.25) is 0 Å². The van der Waals surface area contributed by atoms with Crippen molar-refractivity contribution in [2.75, 3.05) is 29.0 Å². The number of rotatable bonds is 9. The number of amides is 3. The van der Waals surface area contributed by atoms with Crippen molar-refractivity contribution in [3.63, 3.8) is 0 Å². The zero-order valence-corrected chi connectivity index (χ0v) is 16.2. The molecule has 0 aliphatic carbocycles. The van der Waals surface area contributed by atoms with Crippen LogP contribution in [0.15, 0.2) is 48.5 Å². The van der Waals surface area contributed by atoms with E-state index in [1.165, 1.54) is 0 Å². The second kappa shape index (κ2) is 10.7. The maximum absolute atomic E-state index is 12.1. The minimum absolute atomic E-state index is 0.0293. The van der Waals surface area contributed by atoms with Crippen LogP contribution in [-0.2, 0) is 9.59 Å².